The zero-order chi connectivity index (χ0) is 24.0. The molecule has 2 bridgehead atoms. The van der Waals surface area contributed by atoms with Crippen molar-refractivity contribution in [2.45, 2.75) is 51.5 Å². The van der Waals surface area contributed by atoms with E-state index in [1.165, 1.54) is 4.68 Å². The highest BCUT2D eigenvalue weighted by Gasteiger charge is 2.46. The fraction of sp³-hybridized carbons (Fsp3) is 0.346. The number of hydrogen-bond acceptors (Lipinski definition) is 4. The van der Waals surface area contributed by atoms with Gasteiger partial charge >= 0.3 is 0 Å². The number of benzene rings is 2. The third kappa shape index (κ3) is 4.04. The Bertz CT molecular complexity index is 1330. The maximum atomic E-state index is 13.4. The first-order chi connectivity index (χ1) is 16.3. The number of nitriles is 1. The Labute approximate surface area is 208 Å². The molecule has 2 aliphatic rings. The van der Waals surface area contributed by atoms with E-state index in [9.17, 15) is 10.1 Å². The van der Waals surface area contributed by atoms with E-state index in [0.29, 0.717) is 27.4 Å². The Morgan fingerprint density at radius 2 is 1.94 bits per heavy atom. The molecule has 0 radical (unpaired) electrons. The van der Waals surface area contributed by atoms with Gasteiger partial charge in [0.25, 0.3) is 5.91 Å². The Morgan fingerprint density at radius 1 is 1.18 bits per heavy atom. The molecule has 8 heteroatoms. The summed E-state index contributed by atoms with van der Waals surface area (Å²) < 4.78 is 7.58. The summed E-state index contributed by atoms with van der Waals surface area (Å²) in [6.45, 7) is 3.99. The van der Waals surface area contributed by atoms with Gasteiger partial charge in [0.1, 0.15) is 17.4 Å². The number of halogens is 2. The Balaban J connectivity index is 1.60. The van der Waals surface area contributed by atoms with Gasteiger partial charge in [-0.3, -0.25) is 4.79 Å². The van der Waals surface area contributed by atoms with E-state index in [4.69, 9.17) is 27.9 Å². The van der Waals surface area contributed by atoms with Crippen LogP contribution in [0.2, 0.25) is 10.0 Å². The molecule has 2 aliphatic carbocycles. The first-order valence-corrected chi connectivity index (χ1v) is 12.1. The van der Waals surface area contributed by atoms with E-state index in [1.807, 2.05) is 32.0 Å². The Morgan fingerprint density at radius 3 is 2.56 bits per heavy atom. The van der Waals surface area contributed by atoms with Crippen LogP contribution in [0.3, 0.4) is 0 Å². The second-order valence-electron chi connectivity index (χ2n) is 9.38. The number of aryl methyl sites for hydroxylation is 2. The summed E-state index contributed by atoms with van der Waals surface area (Å²) in [5, 5.41) is 18.6. The summed E-state index contributed by atoms with van der Waals surface area (Å²) >= 11 is 12.6. The third-order valence-electron chi connectivity index (χ3n) is 7.12. The molecule has 2 saturated carbocycles. The predicted octanol–water partition coefficient (Wildman–Crippen LogP) is 6.52. The molecule has 1 N–H and O–H groups in total. The monoisotopic (exact) mass is 494 g/mol. The average molecular weight is 495 g/mol. The molecule has 3 aromatic rings. The fourth-order valence-electron chi connectivity index (χ4n) is 5.13. The van der Waals surface area contributed by atoms with Crippen LogP contribution in [0.1, 0.15) is 59.3 Å². The van der Waals surface area contributed by atoms with Gasteiger partial charge in [-0.05, 0) is 93.3 Å². The number of amides is 1. The lowest BCUT2D eigenvalue weighted by Crippen LogP contribution is -2.45. The summed E-state index contributed by atoms with van der Waals surface area (Å²) in [4.78, 5) is 13.4. The fourth-order valence-corrected chi connectivity index (χ4v) is 5.62. The highest BCUT2D eigenvalue weighted by Crippen LogP contribution is 2.47. The smallest absolute Gasteiger partial charge is 0.273 e. The zero-order valence-corrected chi connectivity index (χ0v) is 20.5. The molecule has 174 valence electrons. The molecule has 0 spiro atoms. The Hall–Kier alpha value is -3.01. The maximum Gasteiger partial charge on any atom is 0.273 e. The van der Waals surface area contributed by atoms with E-state index in [2.05, 4.69) is 16.5 Å². The molecule has 0 aliphatic heterocycles. The molecule has 1 aromatic heterocycles. The minimum atomic E-state index is -0.368. The number of ether oxygens (including phenoxy) is 1. The molecule has 0 atom stereocenters. The van der Waals surface area contributed by atoms with Crippen LogP contribution in [0.15, 0.2) is 36.4 Å². The lowest BCUT2D eigenvalue weighted by Gasteiger charge is -2.27. The van der Waals surface area contributed by atoms with E-state index in [-0.39, 0.29) is 28.6 Å². The molecule has 6 nitrogen and oxygen atoms in total. The summed E-state index contributed by atoms with van der Waals surface area (Å²) in [6, 6.07) is 12.7. The van der Waals surface area contributed by atoms with Crippen LogP contribution in [0.5, 0.6) is 11.6 Å². The third-order valence-corrected chi connectivity index (χ3v) is 7.66. The lowest BCUT2D eigenvalue weighted by molar-refractivity contribution is 0.0895. The number of carbonyl (C=O) groups is 1. The SMILES string of the molecule is Cc1ccc(Oc2c(C#N)c(C(=O)NC34CCC(CC3)C4)nn2-c2ccc(Cl)cc2Cl)cc1C. The van der Waals surface area contributed by atoms with Crippen molar-refractivity contribution in [3.63, 3.8) is 0 Å². The molecule has 1 amide bonds. The number of carbonyl (C=O) groups excluding carboxylic acids is 1. The van der Waals surface area contributed by atoms with Crippen LogP contribution in [0.25, 0.3) is 5.69 Å². The standard InChI is InChI=1S/C26H24Cl2N4O2/c1-15-3-5-19(11-16(15)2)34-25-20(14-29)23(24(33)30-26-9-7-17(13-26)8-10-26)31-32(25)22-6-4-18(27)12-21(22)28/h3-6,11-12,17H,7-10,13H2,1-2H3,(H,30,33). The van der Waals surface area contributed by atoms with Crippen molar-refractivity contribution in [2.24, 2.45) is 5.92 Å². The van der Waals surface area contributed by atoms with Crippen molar-refractivity contribution in [3.8, 4) is 23.4 Å². The number of hydrogen-bond donors (Lipinski definition) is 1. The van der Waals surface area contributed by atoms with Crippen molar-refractivity contribution in [3.05, 3.63) is 68.8 Å². The quantitative estimate of drug-likeness (QED) is 0.437. The Kier molecular flexibility index (Phi) is 5.79. The van der Waals surface area contributed by atoms with E-state index >= 15 is 0 Å². The van der Waals surface area contributed by atoms with Crippen LogP contribution in [-0.4, -0.2) is 21.2 Å². The normalized spacial score (nSPS) is 20.9. The average Bonchev–Trinajstić information content (AvgIpc) is 3.49. The lowest BCUT2D eigenvalue weighted by atomic mass is 9.93. The number of nitrogens with one attached hydrogen (secondary N) is 1. The number of nitrogens with zero attached hydrogens (tertiary/aromatic N) is 3. The first-order valence-electron chi connectivity index (χ1n) is 11.3. The summed E-state index contributed by atoms with van der Waals surface area (Å²) in [5.41, 5.74) is 2.50. The molecule has 5 rings (SSSR count). The van der Waals surface area contributed by atoms with Gasteiger partial charge in [-0.25, -0.2) is 0 Å². The summed E-state index contributed by atoms with van der Waals surface area (Å²) in [5.74, 6) is 0.969. The predicted molar refractivity (Wildman–Crippen MR) is 131 cm³/mol. The minimum absolute atomic E-state index is 0.0251. The molecule has 1 heterocycles. The van der Waals surface area contributed by atoms with Crippen LogP contribution in [-0.2, 0) is 0 Å². The van der Waals surface area contributed by atoms with Gasteiger partial charge in [0.15, 0.2) is 5.69 Å². The summed E-state index contributed by atoms with van der Waals surface area (Å²) in [6.07, 6.45) is 5.15. The molecule has 34 heavy (non-hydrogen) atoms. The van der Waals surface area contributed by atoms with Crippen LogP contribution >= 0.6 is 23.2 Å². The second kappa shape index (κ2) is 8.65. The number of fused-ring (bicyclic) bond motifs is 2. The zero-order valence-electron chi connectivity index (χ0n) is 19.0. The maximum absolute atomic E-state index is 13.4. The molecule has 0 saturated heterocycles. The van der Waals surface area contributed by atoms with Gasteiger partial charge in [0.2, 0.25) is 5.88 Å². The van der Waals surface area contributed by atoms with E-state index in [1.54, 1.807) is 18.2 Å². The van der Waals surface area contributed by atoms with Crippen LogP contribution in [0.4, 0.5) is 0 Å². The summed E-state index contributed by atoms with van der Waals surface area (Å²) in [7, 11) is 0. The molecular formula is C26H24Cl2N4O2. The molecular weight excluding hydrogens is 471 g/mol. The first kappa shape index (κ1) is 22.8. The van der Waals surface area contributed by atoms with Gasteiger partial charge in [-0.1, -0.05) is 29.3 Å². The topological polar surface area (TPSA) is 79.9 Å². The van der Waals surface area contributed by atoms with Gasteiger partial charge in [0, 0.05) is 10.6 Å². The highest BCUT2D eigenvalue weighted by molar-refractivity contribution is 6.35. The van der Waals surface area contributed by atoms with Gasteiger partial charge in [-0.15, -0.1) is 0 Å². The van der Waals surface area contributed by atoms with Crippen molar-refractivity contribution in [2.75, 3.05) is 0 Å². The molecule has 2 aromatic carbocycles. The van der Waals surface area contributed by atoms with Gasteiger partial charge in [0.05, 0.1) is 10.7 Å². The van der Waals surface area contributed by atoms with E-state index < -0.39 is 0 Å². The highest BCUT2D eigenvalue weighted by atomic mass is 35.5. The van der Waals surface area contributed by atoms with Crippen molar-refractivity contribution < 1.29 is 9.53 Å². The van der Waals surface area contributed by atoms with Gasteiger partial charge in [-0.2, -0.15) is 15.0 Å². The second-order valence-corrected chi connectivity index (χ2v) is 10.2. The van der Waals surface area contributed by atoms with E-state index in [0.717, 1.165) is 43.2 Å². The minimum Gasteiger partial charge on any atom is -0.438 e. The number of rotatable bonds is 5. The number of aromatic nitrogens is 2. The largest absolute Gasteiger partial charge is 0.438 e. The van der Waals surface area contributed by atoms with Crippen LogP contribution < -0.4 is 10.1 Å². The molecule has 0 unspecified atom stereocenters. The van der Waals surface area contributed by atoms with Gasteiger partial charge < -0.3 is 10.1 Å². The van der Waals surface area contributed by atoms with Crippen molar-refractivity contribution >= 4 is 29.1 Å². The van der Waals surface area contributed by atoms with Crippen molar-refractivity contribution in [1.82, 2.24) is 15.1 Å². The van der Waals surface area contributed by atoms with Crippen LogP contribution in [0, 0.1) is 31.1 Å². The van der Waals surface area contributed by atoms with Crippen molar-refractivity contribution in [1.29, 1.82) is 5.26 Å². The molecule has 2 fully saturated rings.